The van der Waals surface area contributed by atoms with E-state index in [1.54, 1.807) is 11.9 Å². The van der Waals surface area contributed by atoms with Gasteiger partial charge in [0.05, 0.1) is 0 Å². The smallest absolute Gasteiger partial charge is 0.316 e. The van der Waals surface area contributed by atoms with Crippen molar-refractivity contribution in [3.8, 4) is 0 Å². The maximum Gasteiger partial charge on any atom is 0.316 e. The average Bonchev–Trinajstić information content (AvgIpc) is 2.36. The van der Waals surface area contributed by atoms with E-state index in [-0.39, 0.29) is 5.37 Å². The van der Waals surface area contributed by atoms with Crippen LogP contribution in [0.2, 0.25) is 0 Å². The van der Waals surface area contributed by atoms with Gasteiger partial charge in [0.25, 0.3) is 0 Å². The van der Waals surface area contributed by atoms with Gasteiger partial charge in [-0.25, -0.2) is 0 Å². The summed E-state index contributed by atoms with van der Waals surface area (Å²) in [5, 5.41) is 2.79. The second-order valence-electron chi connectivity index (χ2n) is 2.51. The Morgan fingerprint density at radius 3 is 2.90 bits per heavy atom. The van der Waals surface area contributed by atoms with E-state index >= 15 is 0 Å². The van der Waals surface area contributed by atoms with Crippen molar-refractivity contribution >= 4 is 17.0 Å². The van der Waals surface area contributed by atoms with Gasteiger partial charge in [-0.15, -0.1) is 0 Å². The molecule has 1 fully saturated rings. The van der Waals surface area contributed by atoms with Crippen LogP contribution < -0.4 is 5.32 Å². The lowest BCUT2D eigenvalue weighted by molar-refractivity contribution is 0.218. The fourth-order valence-corrected chi connectivity index (χ4v) is 1.25. The van der Waals surface area contributed by atoms with Gasteiger partial charge in [0.1, 0.15) is 0 Å². The van der Waals surface area contributed by atoms with Crippen LogP contribution in [0.5, 0.6) is 0 Å². The molecule has 0 aliphatic carbocycles. The Labute approximate surface area is 65.3 Å². The summed E-state index contributed by atoms with van der Waals surface area (Å²) in [6.45, 7) is 1.86. The van der Waals surface area contributed by atoms with Crippen molar-refractivity contribution in [1.82, 2.24) is 10.2 Å². The summed E-state index contributed by atoms with van der Waals surface area (Å²) in [6.07, 6.45) is 1.01. The minimum atomic E-state index is -0.367. The molecule has 0 radical (unpaired) electrons. The molecule has 0 spiro atoms. The molecule has 1 saturated heterocycles. The Morgan fingerprint density at radius 1 is 1.80 bits per heavy atom. The number of nitrogens with one attached hydrogen (secondary N) is 1. The Bertz CT molecular complexity index is 134. The summed E-state index contributed by atoms with van der Waals surface area (Å²) in [5.74, 6) is 0. The zero-order valence-corrected chi connectivity index (χ0v) is 6.69. The van der Waals surface area contributed by atoms with Gasteiger partial charge >= 0.3 is 5.37 Å². The number of hydrogen-bond donors (Lipinski definition) is 1. The summed E-state index contributed by atoms with van der Waals surface area (Å²) in [4.78, 5) is 12.2. The van der Waals surface area contributed by atoms with E-state index in [2.05, 4.69) is 5.32 Å². The SMILES string of the molecule is CN(C(=O)Cl)C1CCNC1. The van der Waals surface area contributed by atoms with Crippen LogP contribution >= 0.6 is 11.6 Å². The summed E-state index contributed by atoms with van der Waals surface area (Å²) >= 11 is 5.27. The topological polar surface area (TPSA) is 32.3 Å². The summed E-state index contributed by atoms with van der Waals surface area (Å²) in [7, 11) is 1.73. The van der Waals surface area contributed by atoms with Gasteiger partial charge in [-0.3, -0.25) is 4.79 Å². The van der Waals surface area contributed by atoms with Crippen LogP contribution in [0.25, 0.3) is 0 Å². The highest BCUT2D eigenvalue weighted by molar-refractivity contribution is 6.62. The molecule has 1 aliphatic heterocycles. The van der Waals surface area contributed by atoms with Crippen molar-refractivity contribution in [2.45, 2.75) is 12.5 Å². The van der Waals surface area contributed by atoms with Gasteiger partial charge in [-0.1, -0.05) is 0 Å². The third kappa shape index (κ3) is 1.61. The summed E-state index contributed by atoms with van der Waals surface area (Å²) < 4.78 is 0. The molecule has 0 aromatic rings. The third-order valence-corrected chi connectivity index (χ3v) is 2.13. The van der Waals surface area contributed by atoms with Crippen molar-refractivity contribution in [3.05, 3.63) is 0 Å². The molecule has 0 bridgehead atoms. The molecule has 0 aromatic carbocycles. The number of halogens is 1. The van der Waals surface area contributed by atoms with Crippen LogP contribution in [0.3, 0.4) is 0 Å². The highest BCUT2D eigenvalue weighted by atomic mass is 35.5. The largest absolute Gasteiger partial charge is 0.328 e. The van der Waals surface area contributed by atoms with Crippen LogP contribution in [0.4, 0.5) is 4.79 Å². The molecule has 1 N–H and O–H groups in total. The molecule has 1 atom stereocenters. The monoisotopic (exact) mass is 162 g/mol. The molecule has 1 amide bonds. The van der Waals surface area contributed by atoms with Crippen LogP contribution in [0.15, 0.2) is 0 Å². The molecule has 4 heteroatoms. The predicted molar refractivity (Wildman–Crippen MR) is 40.3 cm³/mol. The van der Waals surface area contributed by atoms with E-state index in [1.165, 1.54) is 0 Å². The first-order valence-electron chi connectivity index (χ1n) is 3.35. The Balaban J connectivity index is 2.39. The maximum absolute atomic E-state index is 10.6. The third-order valence-electron chi connectivity index (χ3n) is 1.86. The molecule has 0 aromatic heterocycles. The second-order valence-corrected chi connectivity index (χ2v) is 2.83. The quantitative estimate of drug-likeness (QED) is 0.454. The lowest BCUT2D eigenvalue weighted by Gasteiger charge is -2.19. The number of carbonyl (C=O) groups is 1. The molecular weight excluding hydrogens is 152 g/mol. The minimum Gasteiger partial charge on any atom is -0.328 e. The van der Waals surface area contributed by atoms with Crippen molar-refractivity contribution in [2.24, 2.45) is 0 Å². The van der Waals surface area contributed by atoms with Crippen molar-refractivity contribution < 1.29 is 4.79 Å². The second kappa shape index (κ2) is 3.21. The molecule has 1 aliphatic rings. The van der Waals surface area contributed by atoms with Gasteiger partial charge < -0.3 is 10.2 Å². The van der Waals surface area contributed by atoms with Crippen LogP contribution in [0, 0.1) is 0 Å². The van der Waals surface area contributed by atoms with Gasteiger partial charge in [0.15, 0.2) is 0 Å². The zero-order chi connectivity index (χ0) is 7.56. The fourth-order valence-electron chi connectivity index (χ4n) is 1.11. The van der Waals surface area contributed by atoms with Gasteiger partial charge in [-0.05, 0) is 24.6 Å². The van der Waals surface area contributed by atoms with E-state index in [9.17, 15) is 4.79 Å². The highest BCUT2D eigenvalue weighted by Crippen LogP contribution is 2.07. The standard InChI is InChI=1S/C6H11ClN2O/c1-9(6(7)10)5-2-3-8-4-5/h5,8H,2-4H2,1H3. The molecule has 58 valence electrons. The Kier molecular flexibility index (Phi) is 2.51. The summed E-state index contributed by atoms with van der Waals surface area (Å²) in [5.41, 5.74) is 0. The van der Waals surface area contributed by atoms with Crippen LogP contribution in [0.1, 0.15) is 6.42 Å². The number of likely N-dealkylation sites (N-methyl/N-ethyl adjacent to an activating group) is 1. The average molecular weight is 163 g/mol. The molecule has 1 rings (SSSR count). The molecule has 1 unspecified atom stereocenters. The van der Waals surface area contributed by atoms with Crippen molar-refractivity contribution in [1.29, 1.82) is 0 Å². The normalized spacial score (nSPS) is 24.8. The van der Waals surface area contributed by atoms with Crippen LogP contribution in [-0.4, -0.2) is 36.4 Å². The van der Waals surface area contributed by atoms with E-state index in [0.29, 0.717) is 6.04 Å². The van der Waals surface area contributed by atoms with Gasteiger partial charge in [0.2, 0.25) is 0 Å². The van der Waals surface area contributed by atoms with Crippen molar-refractivity contribution in [3.63, 3.8) is 0 Å². The Morgan fingerprint density at radius 2 is 2.50 bits per heavy atom. The Hall–Kier alpha value is -0.280. The van der Waals surface area contributed by atoms with E-state index in [0.717, 1.165) is 19.5 Å². The number of carbonyl (C=O) groups excluding carboxylic acids is 1. The van der Waals surface area contributed by atoms with Gasteiger partial charge in [0, 0.05) is 19.6 Å². The maximum atomic E-state index is 10.6. The first-order valence-corrected chi connectivity index (χ1v) is 3.72. The molecule has 3 nitrogen and oxygen atoms in total. The summed E-state index contributed by atoms with van der Waals surface area (Å²) in [6, 6.07) is 0.296. The molecule has 0 saturated carbocycles. The number of rotatable bonds is 1. The van der Waals surface area contributed by atoms with E-state index in [1.807, 2.05) is 0 Å². The predicted octanol–water partition coefficient (Wildman–Crippen LogP) is 0.639. The minimum absolute atomic E-state index is 0.296. The lowest BCUT2D eigenvalue weighted by Crippen LogP contribution is -2.34. The number of nitrogens with zero attached hydrogens (tertiary/aromatic N) is 1. The lowest BCUT2D eigenvalue weighted by atomic mass is 10.2. The van der Waals surface area contributed by atoms with E-state index in [4.69, 9.17) is 11.6 Å². The van der Waals surface area contributed by atoms with Crippen LogP contribution in [-0.2, 0) is 0 Å². The van der Waals surface area contributed by atoms with Gasteiger partial charge in [-0.2, -0.15) is 0 Å². The number of amides is 1. The van der Waals surface area contributed by atoms with E-state index < -0.39 is 0 Å². The van der Waals surface area contributed by atoms with Crippen molar-refractivity contribution in [2.75, 3.05) is 20.1 Å². The highest BCUT2D eigenvalue weighted by Gasteiger charge is 2.21. The molecule has 1 heterocycles. The first-order chi connectivity index (χ1) is 4.72. The molecular formula is C6H11ClN2O. The molecule has 10 heavy (non-hydrogen) atoms. The fraction of sp³-hybridized carbons (Fsp3) is 0.833. The zero-order valence-electron chi connectivity index (χ0n) is 5.93. The number of hydrogen-bond acceptors (Lipinski definition) is 2. The first kappa shape index (κ1) is 7.82.